The van der Waals surface area contributed by atoms with Crippen LogP contribution in [0, 0.1) is 0 Å². The minimum Gasteiger partial charge on any atom is -0.496 e. The summed E-state index contributed by atoms with van der Waals surface area (Å²) in [6.07, 6.45) is 5.65. The number of nitrogens with zero attached hydrogens (tertiary/aromatic N) is 5. The highest BCUT2D eigenvalue weighted by Crippen LogP contribution is 2.30. The second-order valence-electron chi connectivity index (χ2n) is 5.47. The number of rotatable bonds is 3. The Labute approximate surface area is 138 Å². The molecule has 120 valence electrons. The minimum absolute atomic E-state index is 0.415. The van der Waals surface area contributed by atoms with Gasteiger partial charge in [-0.25, -0.2) is 4.98 Å². The first kappa shape index (κ1) is 14.3. The molecule has 24 heavy (non-hydrogen) atoms. The SMILES string of the molecule is COc1ccccc1-c1cn2c(-c3cnn(C)c3)cc(N)nc2n1. The van der Waals surface area contributed by atoms with Gasteiger partial charge in [0.25, 0.3) is 0 Å². The number of fused-ring (bicyclic) bond motifs is 1. The molecule has 0 aliphatic heterocycles. The van der Waals surface area contributed by atoms with Gasteiger partial charge in [-0.1, -0.05) is 12.1 Å². The molecule has 7 nitrogen and oxygen atoms in total. The number of hydrogen-bond donors (Lipinski definition) is 1. The molecule has 4 rings (SSSR count). The van der Waals surface area contributed by atoms with Crippen LogP contribution in [0.5, 0.6) is 5.75 Å². The van der Waals surface area contributed by atoms with E-state index in [2.05, 4.69) is 15.1 Å². The van der Waals surface area contributed by atoms with E-state index in [9.17, 15) is 0 Å². The fourth-order valence-electron chi connectivity index (χ4n) is 2.75. The summed E-state index contributed by atoms with van der Waals surface area (Å²) in [5.41, 5.74) is 9.47. The average Bonchev–Trinajstić information content (AvgIpc) is 3.20. The van der Waals surface area contributed by atoms with Crippen molar-refractivity contribution in [3.8, 4) is 28.3 Å². The number of benzene rings is 1. The number of aromatic nitrogens is 5. The lowest BCUT2D eigenvalue weighted by Gasteiger charge is -2.04. The van der Waals surface area contributed by atoms with Gasteiger partial charge in [0.1, 0.15) is 11.6 Å². The van der Waals surface area contributed by atoms with Crippen molar-refractivity contribution in [3.05, 3.63) is 48.9 Å². The summed E-state index contributed by atoms with van der Waals surface area (Å²) < 4.78 is 9.09. The van der Waals surface area contributed by atoms with Gasteiger partial charge in [0.2, 0.25) is 5.78 Å². The predicted molar refractivity (Wildman–Crippen MR) is 91.6 cm³/mol. The number of methoxy groups -OCH3 is 1. The Morgan fingerprint density at radius 2 is 1.96 bits per heavy atom. The Bertz CT molecular complexity index is 1030. The molecule has 0 radical (unpaired) electrons. The van der Waals surface area contributed by atoms with E-state index in [0.29, 0.717) is 11.6 Å². The molecule has 7 heteroatoms. The van der Waals surface area contributed by atoms with Gasteiger partial charge in [0.05, 0.1) is 24.7 Å². The zero-order chi connectivity index (χ0) is 16.7. The van der Waals surface area contributed by atoms with E-state index in [1.165, 1.54) is 0 Å². The molecule has 0 unspecified atom stereocenters. The van der Waals surface area contributed by atoms with Crippen LogP contribution in [0.25, 0.3) is 28.3 Å². The van der Waals surface area contributed by atoms with Crippen LogP contribution >= 0.6 is 0 Å². The van der Waals surface area contributed by atoms with Crippen LogP contribution in [0.1, 0.15) is 0 Å². The lowest BCUT2D eigenvalue weighted by Crippen LogP contribution is -1.98. The van der Waals surface area contributed by atoms with E-state index in [1.54, 1.807) is 18.0 Å². The van der Waals surface area contributed by atoms with Crippen molar-refractivity contribution < 1.29 is 4.74 Å². The fraction of sp³-hybridized carbons (Fsp3) is 0.118. The van der Waals surface area contributed by atoms with Gasteiger partial charge in [-0.05, 0) is 12.1 Å². The highest BCUT2D eigenvalue weighted by Gasteiger charge is 2.14. The third-order valence-electron chi connectivity index (χ3n) is 3.84. The van der Waals surface area contributed by atoms with Gasteiger partial charge < -0.3 is 10.5 Å². The number of nitrogens with two attached hydrogens (primary N) is 1. The maximum absolute atomic E-state index is 5.96. The van der Waals surface area contributed by atoms with Crippen molar-refractivity contribution in [1.29, 1.82) is 0 Å². The highest BCUT2D eigenvalue weighted by molar-refractivity contribution is 5.71. The second kappa shape index (κ2) is 5.38. The maximum Gasteiger partial charge on any atom is 0.236 e. The molecular weight excluding hydrogens is 304 g/mol. The third-order valence-corrected chi connectivity index (χ3v) is 3.84. The Morgan fingerprint density at radius 3 is 2.71 bits per heavy atom. The largest absolute Gasteiger partial charge is 0.496 e. The monoisotopic (exact) mass is 320 g/mol. The molecule has 0 atom stereocenters. The van der Waals surface area contributed by atoms with E-state index in [-0.39, 0.29) is 0 Å². The third kappa shape index (κ3) is 2.26. The van der Waals surface area contributed by atoms with E-state index in [1.807, 2.05) is 54.2 Å². The Kier molecular flexibility index (Phi) is 3.19. The molecule has 0 aliphatic carbocycles. The molecule has 0 aliphatic rings. The van der Waals surface area contributed by atoms with Gasteiger partial charge in [-0.3, -0.25) is 9.08 Å². The van der Waals surface area contributed by atoms with Crippen LogP contribution in [-0.2, 0) is 7.05 Å². The standard InChI is InChI=1S/C17H16N6O/c1-22-9-11(8-19-22)14-7-16(18)21-17-20-13(10-23(14)17)12-5-3-4-6-15(12)24-2/h3-10H,1-2H3,(H2,18,20,21). The Balaban J connectivity index is 1.95. The molecule has 0 bridgehead atoms. The Hall–Kier alpha value is -3.35. The van der Waals surface area contributed by atoms with Gasteiger partial charge >= 0.3 is 0 Å². The smallest absolute Gasteiger partial charge is 0.236 e. The maximum atomic E-state index is 5.96. The molecule has 3 heterocycles. The van der Waals surface area contributed by atoms with Crippen molar-refractivity contribution in [2.45, 2.75) is 0 Å². The van der Waals surface area contributed by atoms with E-state index < -0.39 is 0 Å². The molecule has 0 saturated carbocycles. The molecule has 0 saturated heterocycles. The first-order valence-electron chi connectivity index (χ1n) is 7.44. The highest BCUT2D eigenvalue weighted by atomic mass is 16.5. The molecule has 3 aromatic heterocycles. The predicted octanol–water partition coefficient (Wildman–Crippen LogP) is 2.39. The number of anilines is 1. The summed E-state index contributed by atoms with van der Waals surface area (Å²) in [5, 5.41) is 4.22. The van der Waals surface area contributed by atoms with Crippen molar-refractivity contribution in [2.75, 3.05) is 12.8 Å². The quantitative estimate of drug-likeness (QED) is 0.626. The normalized spacial score (nSPS) is 11.1. The van der Waals surface area contributed by atoms with Crippen LogP contribution in [-0.4, -0.2) is 31.3 Å². The lowest BCUT2D eigenvalue weighted by molar-refractivity contribution is 0.416. The molecule has 1 aromatic carbocycles. The van der Waals surface area contributed by atoms with Crippen LogP contribution < -0.4 is 10.5 Å². The fourth-order valence-corrected chi connectivity index (χ4v) is 2.75. The number of hydrogen-bond acceptors (Lipinski definition) is 5. The summed E-state index contributed by atoms with van der Waals surface area (Å²) in [6, 6.07) is 9.57. The summed E-state index contributed by atoms with van der Waals surface area (Å²) in [7, 11) is 3.52. The topological polar surface area (TPSA) is 83.3 Å². The van der Waals surface area contributed by atoms with Crippen LogP contribution in [0.15, 0.2) is 48.9 Å². The molecule has 0 amide bonds. The lowest BCUT2D eigenvalue weighted by atomic mass is 10.1. The summed E-state index contributed by atoms with van der Waals surface area (Å²) in [5.74, 6) is 1.71. The van der Waals surface area contributed by atoms with Gasteiger partial charge in [-0.15, -0.1) is 0 Å². The van der Waals surface area contributed by atoms with Crippen LogP contribution in [0.3, 0.4) is 0 Å². The zero-order valence-electron chi connectivity index (χ0n) is 13.3. The van der Waals surface area contributed by atoms with Crippen LogP contribution in [0.2, 0.25) is 0 Å². The molecule has 4 aromatic rings. The summed E-state index contributed by atoms with van der Waals surface area (Å²) in [6.45, 7) is 0. The molecule has 0 fully saturated rings. The molecule has 0 spiro atoms. The van der Waals surface area contributed by atoms with E-state index >= 15 is 0 Å². The first-order chi connectivity index (χ1) is 11.7. The average molecular weight is 320 g/mol. The molecule has 2 N–H and O–H groups in total. The van der Waals surface area contributed by atoms with Crippen molar-refractivity contribution in [3.63, 3.8) is 0 Å². The minimum atomic E-state index is 0.415. The second-order valence-corrected chi connectivity index (χ2v) is 5.47. The van der Waals surface area contributed by atoms with E-state index in [4.69, 9.17) is 10.5 Å². The number of ether oxygens (including phenoxy) is 1. The van der Waals surface area contributed by atoms with Crippen LogP contribution in [0.4, 0.5) is 5.82 Å². The van der Waals surface area contributed by atoms with Crippen molar-refractivity contribution in [2.24, 2.45) is 7.05 Å². The first-order valence-corrected chi connectivity index (χ1v) is 7.44. The van der Waals surface area contributed by atoms with E-state index in [0.717, 1.165) is 28.3 Å². The summed E-state index contributed by atoms with van der Waals surface area (Å²) in [4.78, 5) is 8.94. The molecular formula is C17H16N6O. The number of nitrogen functional groups attached to an aromatic ring is 1. The number of imidazole rings is 1. The van der Waals surface area contributed by atoms with Crippen molar-refractivity contribution in [1.82, 2.24) is 24.1 Å². The number of aryl methyl sites for hydroxylation is 1. The van der Waals surface area contributed by atoms with Gasteiger partial charge in [0, 0.05) is 36.6 Å². The van der Waals surface area contributed by atoms with Gasteiger partial charge in [0.15, 0.2) is 0 Å². The van der Waals surface area contributed by atoms with Crippen molar-refractivity contribution >= 4 is 11.6 Å². The zero-order valence-corrected chi connectivity index (χ0v) is 13.3. The van der Waals surface area contributed by atoms with Gasteiger partial charge in [-0.2, -0.15) is 10.1 Å². The summed E-state index contributed by atoms with van der Waals surface area (Å²) >= 11 is 0. The number of para-hydroxylation sites is 1. The Morgan fingerprint density at radius 1 is 1.12 bits per heavy atom.